The Morgan fingerprint density at radius 1 is 1.24 bits per heavy atom. The van der Waals surface area contributed by atoms with Gasteiger partial charge in [-0.1, -0.05) is 12.1 Å². The highest BCUT2D eigenvalue weighted by molar-refractivity contribution is 14.0. The molecule has 1 fully saturated rings. The summed E-state index contributed by atoms with van der Waals surface area (Å²) >= 11 is 0. The number of halogens is 2. The van der Waals surface area contributed by atoms with Crippen LogP contribution in [0.2, 0.25) is 0 Å². The Labute approximate surface area is 164 Å². The number of anilines is 1. The minimum atomic E-state index is -0.211. The molecule has 0 spiro atoms. The lowest BCUT2D eigenvalue weighted by atomic mass is 10.1. The summed E-state index contributed by atoms with van der Waals surface area (Å²) in [5.41, 5.74) is 7.80. The van der Waals surface area contributed by atoms with Gasteiger partial charge in [-0.3, -0.25) is 0 Å². The molecular weight excluding hydrogens is 432 g/mol. The van der Waals surface area contributed by atoms with Crippen LogP contribution >= 0.6 is 24.0 Å². The molecule has 6 heteroatoms. The van der Waals surface area contributed by atoms with E-state index in [2.05, 4.69) is 10.3 Å². The van der Waals surface area contributed by atoms with E-state index in [1.807, 2.05) is 44.2 Å². The van der Waals surface area contributed by atoms with Gasteiger partial charge in [0.2, 0.25) is 0 Å². The van der Waals surface area contributed by atoms with Crippen LogP contribution in [-0.4, -0.2) is 18.1 Å². The molecule has 0 heterocycles. The predicted molar refractivity (Wildman–Crippen MR) is 110 cm³/mol. The molecule has 3 rings (SSSR count). The summed E-state index contributed by atoms with van der Waals surface area (Å²) in [5.74, 6) is 1.23. The molecule has 0 bridgehead atoms. The smallest absolute Gasteiger partial charge is 0.193 e. The highest BCUT2D eigenvalue weighted by Gasteiger charge is 2.38. The maximum Gasteiger partial charge on any atom is 0.193 e. The molecule has 0 aromatic heterocycles. The zero-order valence-corrected chi connectivity index (χ0v) is 16.6. The zero-order chi connectivity index (χ0) is 17.1. The third-order valence-electron chi connectivity index (χ3n) is 3.84. The number of aliphatic imine (C=N–C) groups is 1. The van der Waals surface area contributed by atoms with Crippen molar-refractivity contribution in [3.8, 4) is 5.75 Å². The highest BCUT2D eigenvalue weighted by atomic mass is 127. The van der Waals surface area contributed by atoms with Gasteiger partial charge in [0.1, 0.15) is 11.6 Å². The van der Waals surface area contributed by atoms with Gasteiger partial charge in [-0.15, -0.1) is 24.0 Å². The minimum Gasteiger partial charge on any atom is -0.491 e. The van der Waals surface area contributed by atoms with Crippen molar-refractivity contribution in [1.82, 2.24) is 0 Å². The average molecular weight is 455 g/mol. The van der Waals surface area contributed by atoms with E-state index >= 15 is 0 Å². The van der Waals surface area contributed by atoms with E-state index in [-0.39, 0.29) is 47.9 Å². The Morgan fingerprint density at radius 3 is 2.60 bits per heavy atom. The first-order valence-electron chi connectivity index (χ1n) is 8.14. The van der Waals surface area contributed by atoms with Crippen molar-refractivity contribution in [3.63, 3.8) is 0 Å². The SMILES string of the molecule is CC(C)Oc1ccc(NC(N)=NC2CC2c2cccc(F)c2)cc1.I. The van der Waals surface area contributed by atoms with Crippen molar-refractivity contribution in [2.75, 3.05) is 5.32 Å². The lowest BCUT2D eigenvalue weighted by Gasteiger charge is -2.11. The van der Waals surface area contributed by atoms with Gasteiger partial charge in [-0.2, -0.15) is 0 Å². The fourth-order valence-electron chi connectivity index (χ4n) is 2.67. The standard InChI is InChI=1S/C19H22FN3O.HI/c1-12(2)24-16-8-6-15(7-9-16)22-19(21)23-18-11-17(18)13-4-3-5-14(20)10-13;/h3-10,12,17-18H,11H2,1-2H3,(H3,21,22,23);1H. The predicted octanol–water partition coefficient (Wildman–Crippen LogP) is 4.51. The molecule has 1 aliphatic carbocycles. The van der Waals surface area contributed by atoms with Crippen molar-refractivity contribution in [1.29, 1.82) is 0 Å². The third-order valence-corrected chi connectivity index (χ3v) is 3.84. The van der Waals surface area contributed by atoms with E-state index in [1.54, 1.807) is 12.1 Å². The number of nitrogens with zero attached hydrogens (tertiary/aromatic N) is 1. The van der Waals surface area contributed by atoms with Crippen molar-refractivity contribution in [2.24, 2.45) is 10.7 Å². The first-order valence-corrected chi connectivity index (χ1v) is 8.14. The first kappa shape index (κ1) is 19.5. The van der Waals surface area contributed by atoms with Crippen molar-refractivity contribution >= 4 is 35.6 Å². The second-order valence-electron chi connectivity index (χ2n) is 6.29. The van der Waals surface area contributed by atoms with Gasteiger partial charge in [0, 0.05) is 11.6 Å². The molecular formula is C19H23FIN3O. The number of guanidine groups is 1. The zero-order valence-electron chi connectivity index (χ0n) is 14.3. The van der Waals surface area contributed by atoms with Crippen LogP contribution in [0.25, 0.3) is 0 Å². The Hall–Kier alpha value is -1.83. The minimum absolute atomic E-state index is 0. The summed E-state index contributed by atoms with van der Waals surface area (Å²) in [7, 11) is 0. The fraction of sp³-hybridized carbons (Fsp3) is 0.316. The number of hydrogen-bond acceptors (Lipinski definition) is 2. The largest absolute Gasteiger partial charge is 0.491 e. The van der Waals surface area contributed by atoms with E-state index in [1.165, 1.54) is 6.07 Å². The number of hydrogen-bond donors (Lipinski definition) is 2. The molecule has 2 atom stereocenters. The monoisotopic (exact) mass is 455 g/mol. The Balaban J connectivity index is 0.00000225. The van der Waals surface area contributed by atoms with Crippen LogP contribution in [0.15, 0.2) is 53.5 Å². The summed E-state index contributed by atoms with van der Waals surface area (Å²) in [6, 6.07) is 14.4. The molecule has 2 unspecified atom stereocenters. The van der Waals surface area contributed by atoms with Crippen LogP contribution in [0.5, 0.6) is 5.75 Å². The Bertz CT molecular complexity index is 734. The average Bonchev–Trinajstić information content (AvgIpc) is 3.28. The molecule has 0 radical (unpaired) electrons. The normalized spacial score (nSPS) is 19.3. The number of ether oxygens (including phenoxy) is 1. The second kappa shape index (κ2) is 8.51. The van der Waals surface area contributed by atoms with E-state index in [4.69, 9.17) is 10.5 Å². The Morgan fingerprint density at radius 2 is 1.96 bits per heavy atom. The first-order chi connectivity index (χ1) is 11.5. The van der Waals surface area contributed by atoms with Crippen LogP contribution in [0.4, 0.5) is 10.1 Å². The van der Waals surface area contributed by atoms with Gasteiger partial charge in [0.05, 0.1) is 12.1 Å². The van der Waals surface area contributed by atoms with E-state index in [0.29, 0.717) is 5.96 Å². The third kappa shape index (κ3) is 5.59. The van der Waals surface area contributed by atoms with Gasteiger partial charge >= 0.3 is 0 Å². The van der Waals surface area contributed by atoms with E-state index in [9.17, 15) is 4.39 Å². The molecule has 0 saturated heterocycles. The van der Waals surface area contributed by atoms with Crippen LogP contribution in [-0.2, 0) is 0 Å². The van der Waals surface area contributed by atoms with E-state index < -0.39 is 0 Å². The van der Waals surface area contributed by atoms with Gasteiger partial charge < -0.3 is 15.8 Å². The van der Waals surface area contributed by atoms with Crippen LogP contribution in [0.3, 0.4) is 0 Å². The molecule has 2 aromatic carbocycles. The fourth-order valence-corrected chi connectivity index (χ4v) is 2.67. The molecule has 1 saturated carbocycles. The van der Waals surface area contributed by atoms with Gasteiger partial charge in [0.15, 0.2) is 5.96 Å². The highest BCUT2D eigenvalue weighted by Crippen LogP contribution is 2.43. The molecule has 0 amide bonds. The molecule has 4 nitrogen and oxygen atoms in total. The summed E-state index contributed by atoms with van der Waals surface area (Å²) in [4.78, 5) is 4.47. The van der Waals surface area contributed by atoms with Crippen LogP contribution in [0, 0.1) is 5.82 Å². The van der Waals surface area contributed by atoms with Crippen molar-refractivity contribution in [3.05, 3.63) is 59.9 Å². The van der Waals surface area contributed by atoms with Gasteiger partial charge in [-0.05, 0) is 62.2 Å². The molecule has 1 aliphatic rings. The quantitative estimate of drug-likeness (QED) is 0.396. The number of nitrogens with one attached hydrogen (secondary N) is 1. The maximum atomic E-state index is 13.3. The number of rotatable bonds is 5. The molecule has 0 aliphatic heterocycles. The Kier molecular flexibility index (Phi) is 6.64. The van der Waals surface area contributed by atoms with Gasteiger partial charge in [0.25, 0.3) is 0 Å². The maximum absolute atomic E-state index is 13.3. The lowest BCUT2D eigenvalue weighted by Crippen LogP contribution is -2.23. The van der Waals surface area contributed by atoms with Crippen LogP contribution in [0.1, 0.15) is 31.7 Å². The molecule has 3 N–H and O–H groups in total. The molecule has 2 aromatic rings. The van der Waals surface area contributed by atoms with Crippen LogP contribution < -0.4 is 15.8 Å². The second-order valence-corrected chi connectivity index (χ2v) is 6.29. The summed E-state index contributed by atoms with van der Waals surface area (Å²) < 4.78 is 18.9. The summed E-state index contributed by atoms with van der Waals surface area (Å²) in [6.07, 6.45) is 1.04. The summed E-state index contributed by atoms with van der Waals surface area (Å²) in [5, 5.41) is 3.08. The number of benzene rings is 2. The molecule has 25 heavy (non-hydrogen) atoms. The molecule has 134 valence electrons. The van der Waals surface area contributed by atoms with Crippen molar-refractivity contribution in [2.45, 2.75) is 38.3 Å². The summed E-state index contributed by atoms with van der Waals surface area (Å²) in [6.45, 7) is 3.98. The topological polar surface area (TPSA) is 59.6 Å². The van der Waals surface area contributed by atoms with Gasteiger partial charge in [-0.25, -0.2) is 9.38 Å². The lowest BCUT2D eigenvalue weighted by molar-refractivity contribution is 0.242. The van der Waals surface area contributed by atoms with Crippen molar-refractivity contribution < 1.29 is 9.13 Å². The van der Waals surface area contributed by atoms with E-state index in [0.717, 1.165) is 23.4 Å². The number of nitrogens with two attached hydrogens (primary N) is 1.